The molecule has 1 aliphatic rings. The lowest BCUT2D eigenvalue weighted by molar-refractivity contribution is 0.616. The lowest BCUT2D eigenvalue weighted by Crippen LogP contribution is -2.43. The molecule has 100 valence electrons. The van der Waals surface area contributed by atoms with Gasteiger partial charge in [-0.1, -0.05) is 0 Å². The zero-order chi connectivity index (χ0) is 13.3. The standard InChI is InChI=1S/C14H21FN2S/c1-10(16)12-8-11(15)4-5-13(12)17-6-7-18-14(2,3)9-17/h4-5,8,10H,6-7,9,16H2,1-3H3/t10-/m1/s1. The van der Waals surface area contributed by atoms with Crippen LogP contribution in [0, 0.1) is 5.82 Å². The first-order chi connectivity index (χ1) is 8.39. The largest absolute Gasteiger partial charge is 0.369 e. The second-order valence-corrected chi connectivity index (χ2v) is 7.32. The lowest BCUT2D eigenvalue weighted by Gasteiger charge is -2.40. The van der Waals surface area contributed by atoms with E-state index >= 15 is 0 Å². The smallest absolute Gasteiger partial charge is 0.123 e. The van der Waals surface area contributed by atoms with Gasteiger partial charge < -0.3 is 10.6 Å². The molecule has 1 fully saturated rings. The maximum absolute atomic E-state index is 13.3. The van der Waals surface area contributed by atoms with Crippen molar-refractivity contribution in [3.05, 3.63) is 29.6 Å². The number of hydrogen-bond acceptors (Lipinski definition) is 3. The molecule has 0 radical (unpaired) electrons. The highest BCUT2D eigenvalue weighted by molar-refractivity contribution is 8.00. The van der Waals surface area contributed by atoms with E-state index in [-0.39, 0.29) is 16.6 Å². The molecule has 1 aromatic carbocycles. The van der Waals surface area contributed by atoms with Crippen molar-refractivity contribution in [3.63, 3.8) is 0 Å². The van der Waals surface area contributed by atoms with Gasteiger partial charge in [0.1, 0.15) is 5.82 Å². The number of halogens is 1. The third-order valence-electron chi connectivity index (χ3n) is 3.25. The fraction of sp³-hybridized carbons (Fsp3) is 0.571. The Kier molecular flexibility index (Phi) is 3.87. The minimum Gasteiger partial charge on any atom is -0.369 e. The molecule has 2 rings (SSSR count). The van der Waals surface area contributed by atoms with Crippen LogP contribution in [0.5, 0.6) is 0 Å². The Hall–Kier alpha value is -0.740. The van der Waals surface area contributed by atoms with Crippen molar-refractivity contribution in [2.45, 2.75) is 31.6 Å². The van der Waals surface area contributed by atoms with Gasteiger partial charge in [-0.2, -0.15) is 11.8 Å². The molecule has 4 heteroatoms. The molecule has 2 N–H and O–H groups in total. The predicted octanol–water partition coefficient (Wildman–Crippen LogP) is 3.18. The monoisotopic (exact) mass is 268 g/mol. The summed E-state index contributed by atoms with van der Waals surface area (Å²) in [6.07, 6.45) is 0. The second-order valence-electron chi connectivity index (χ2n) is 5.52. The summed E-state index contributed by atoms with van der Waals surface area (Å²) in [4.78, 5) is 2.33. The topological polar surface area (TPSA) is 29.3 Å². The first-order valence-corrected chi connectivity index (χ1v) is 7.31. The average molecular weight is 268 g/mol. The van der Waals surface area contributed by atoms with E-state index in [9.17, 15) is 4.39 Å². The van der Waals surface area contributed by atoms with E-state index < -0.39 is 0 Å². The van der Waals surface area contributed by atoms with Gasteiger partial charge >= 0.3 is 0 Å². The van der Waals surface area contributed by atoms with Crippen LogP contribution in [-0.2, 0) is 0 Å². The first-order valence-electron chi connectivity index (χ1n) is 6.33. The second kappa shape index (κ2) is 5.10. The maximum atomic E-state index is 13.3. The third kappa shape index (κ3) is 2.98. The molecule has 0 bridgehead atoms. The summed E-state index contributed by atoms with van der Waals surface area (Å²) in [5.41, 5.74) is 7.94. The Bertz CT molecular complexity index is 432. The van der Waals surface area contributed by atoms with Crippen molar-refractivity contribution in [1.82, 2.24) is 0 Å². The highest BCUT2D eigenvalue weighted by Gasteiger charge is 2.28. The number of anilines is 1. The summed E-state index contributed by atoms with van der Waals surface area (Å²) in [5, 5.41) is 0. The Morgan fingerprint density at radius 3 is 2.78 bits per heavy atom. The van der Waals surface area contributed by atoms with Gasteiger partial charge in [-0.3, -0.25) is 0 Å². The molecular weight excluding hydrogens is 247 g/mol. The highest BCUT2D eigenvalue weighted by atomic mass is 32.2. The zero-order valence-electron chi connectivity index (χ0n) is 11.2. The van der Waals surface area contributed by atoms with E-state index in [1.54, 1.807) is 6.07 Å². The number of benzene rings is 1. The van der Waals surface area contributed by atoms with E-state index in [1.165, 1.54) is 6.07 Å². The fourth-order valence-electron chi connectivity index (χ4n) is 2.40. The molecule has 0 amide bonds. The summed E-state index contributed by atoms with van der Waals surface area (Å²) < 4.78 is 13.6. The Balaban J connectivity index is 2.32. The summed E-state index contributed by atoms with van der Waals surface area (Å²) in [6.45, 7) is 8.38. The molecule has 0 spiro atoms. The van der Waals surface area contributed by atoms with Crippen LogP contribution >= 0.6 is 11.8 Å². The molecule has 0 saturated carbocycles. The summed E-state index contributed by atoms with van der Waals surface area (Å²) in [7, 11) is 0. The van der Waals surface area contributed by atoms with Crippen LogP contribution in [0.25, 0.3) is 0 Å². The molecule has 1 aromatic rings. The van der Waals surface area contributed by atoms with Crippen molar-refractivity contribution >= 4 is 17.4 Å². The van der Waals surface area contributed by atoms with Crippen LogP contribution in [0.2, 0.25) is 0 Å². The van der Waals surface area contributed by atoms with Gasteiger partial charge in [-0.15, -0.1) is 0 Å². The molecule has 0 aliphatic carbocycles. The molecule has 1 aliphatic heterocycles. The highest BCUT2D eigenvalue weighted by Crippen LogP contribution is 2.35. The summed E-state index contributed by atoms with van der Waals surface area (Å²) in [6, 6.07) is 4.80. The molecular formula is C14H21FN2S. The lowest BCUT2D eigenvalue weighted by atomic mass is 10.0. The van der Waals surface area contributed by atoms with Gasteiger partial charge in [0.05, 0.1) is 0 Å². The van der Waals surface area contributed by atoms with Crippen molar-refractivity contribution in [3.8, 4) is 0 Å². The van der Waals surface area contributed by atoms with Crippen LogP contribution in [-0.4, -0.2) is 23.6 Å². The molecule has 18 heavy (non-hydrogen) atoms. The zero-order valence-corrected chi connectivity index (χ0v) is 12.1. The van der Waals surface area contributed by atoms with Crippen LogP contribution in [0.15, 0.2) is 18.2 Å². The SMILES string of the molecule is C[C@@H](N)c1cc(F)ccc1N1CCSC(C)(C)C1. The molecule has 2 nitrogen and oxygen atoms in total. The number of rotatable bonds is 2. The normalized spacial score (nSPS) is 20.8. The molecule has 1 atom stereocenters. The molecule has 0 aromatic heterocycles. The van der Waals surface area contributed by atoms with Crippen LogP contribution < -0.4 is 10.6 Å². The average Bonchev–Trinajstić information content (AvgIpc) is 2.27. The Morgan fingerprint density at radius 1 is 1.44 bits per heavy atom. The maximum Gasteiger partial charge on any atom is 0.123 e. The van der Waals surface area contributed by atoms with Crippen molar-refractivity contribution < 1.29 is 4.39 Å². The van der Waals surface area contributed by atoms with Gasteiger partial charge in [-0.25, -0.2) is 4.39 Å². The van der Waals surface area contributed by atoms with Gasteiger partial charge in [0.2, 0.25) is 0 Å². The van der Waals surface area contributed by atoms with E-state index in [4.69, 9.17) is 5.73 Å². The van der Waals surface area contributed by atoms with Crippen LogP contribution in [0.4, 0.5) is 10.1 Å². The molecule has 0 unspecified atom stereocenters. The van der Waals surface area contributed by atoms with Gasteiger partial charge in [-0.05, 0) is 44.5 Å². The van der Waals surface area contributed by atoms with E-state index in [0.717, 1.165) is 30.1 Å². The number of thioether (sulfide) groups is 1. The number of hydrogen-bond donors (Lipinski definition) is 1. The van der Waals surface area contributed by atoms with E-state index in [2.05, 4.69) is 18.7 Å². The van der Waals surface area contributed by atoms with Crippen molar-refractivity contribution in [2.24, 2.45) is 5.73 Å². The van der Waals surface area contributed by atoms with Gasteiger partial charge in [0.25, 0.3) is 0 Å². The predicted molar refractivity (Wildman–Crippen MR) is 77.8 cm³/mol. The minimum absolute atomic E-state index is 0.145. The van der Waals surface area contributed by atoms with Gasteiger partial charge in [0.15, 0.2) is 0 Å². The Labute approximate surface area is 113 Å². The fourth-order valence-corrected chi connectivity index (χ4v) is 3.51. The van der Waals surface area contributed by atoms with E-state index in [0.29, 0.717) is 0 Å². The van der Waals surface area contributed by atoms with Crippen LogP contribution in [0.1, 0.15) is 32.4 Å². The minimum atomic E-state index is -0.211. The third-order valence-corrected chi connectivity index (χ3v) is 4.54. The van der Waals surface area contributed by atoms with Crippen molar-refractivity contribution in [2.75, 3.05) is 23.7 Å². The Morgan fingerprint density at radius 2 is 2.17 bits per heavy atom. The first kappa shape index (κ1) is 13.7. The summed E-state index contributed by atoms with van der Waals surface area (Å²) in [5.74, 6) is 0.889. The number of nitrogens with two attached hydrogens (primary N) is 1. The molecule has 1 heterocycles. The number of nitrogens with zero attached hydrogens (tertiary/aromatic N) is 1. The van der Waals surface area contributed by atoms with Gasteiger partial charge in [0, 0.05) is 35.3 Å². The summed E-state index contributed by atoms with van der Waals surface area (Å²) >= 11 is 1.99. The molecule has 1 saturated heterocycles. The quantitative estimate of drug-likeness (QED) is 0.893. The van der Waals surface area contributed by atoms with E-state index in [1.807, 2.05) is 24.8 Å². The van der Waals surface area contributed by atoms with Crippen molar-refractivity contribution in [1.29, 1.82) is 0 Å². The van der Waals surface area contributed by atoms with Crippen LogP contribution in [0.3, 0.4) is 0 Å².